The Balaban J connectivity index is 1.50. The Bertz CT molecular complexity index is 1160. The molecular weight excluding hydrogens is 655 g/mol. The quantitative estimate of drug-likeness (QED) is 0.251. The third-order valence-corrected chi connectivity index (χ3v) is 11.0. The molecule has 0 unspecified atom stereocenters. The Morgan fingerprint density at radius 2 is 1.38 bits per heavy atom. The first kappa shape index (κ1) is 24.2. The molecule has 1 aliphatic heterocycles. The molecule has 3 amide bonds. The lowest BCUT2D eigenvalue weighted by molar-refractivity contribution is -0.154. The van der Waals surface area contributed by atoms with Crippen LogP contribution in [0.2, 0.25) is 5.02 Å². The summed E-state index contributed by atoms with van der Waals surface area (Å²) in [5.74, 6) is -2.84. The number of carbonyl (C=O) groups excluding carboxylic acids is 4. The van der Waals surface area contributed by atoms with Crippen LogP contribution in [-0.2, 0) is 9.59 Å². The molecule has 6 nitrogen and oxygen atoms in total. The lowest BCUT2D eigenvalue weighted by Gasteiger charge is -2.31. The number of rotatable bonds is 5. The lowest BCUT2D eigenvalue weighted by atomic mass is 9.81. The molecule has 2 saturated carbocycles. The SMILES string of the molecule is O=C(CN(C(=O)c1ccc(Cl)cc1)N1C(=O)[C@@H]2[C@H]3C[C@@H]([C@@H](Br)[C@H]3Br)[C@H]2C1=O)c1ccc(Br)cc1. The van der Waals surface area contributed by atoms with Crippen molar-refractivity contribution in [1.82, 2.24) is 10.0 Å². The Labute approximate surface area is 226 Å². The molecule has 2 aromatic carbocycles. The fourth-order valence-electron chi connectivity index (χ4n) is 5.41. The molecule has 5 rings (SSSR count). The van der Waals surface area contributed by atoms with Crippen LogP contribution in [0.25, 0.3) is 0 Å². The number of nitrogens with zero attached hydrogens (tertiary/aromatic N) is 2. The van der Waals surface area contributed by atoms with Gasteiger partial charge in [-0.2, -0.15) is 5.01 Å². The van der Waals surface area contributed by atoms with Crippen molar-refractivity contribution >= 4 is 82.9 Å². The van der Waals surface area contributed by atoms with Crippen LogP contribution in [0.15, 0.2) is 53.0 Å². The summed E-state index contributed by atoms with van der Waals surface area (Å²) in [4.78, 5) is 53.9. The predicted molar refractivity (Wildman–Crippen MR) is 137 cm³/mol. The number of hydrogen-bond acceptors (Lipinski definition) is 4. The van der Waals surface area contributed by atoms with Crippen molar-refractivity contribution in [3.63, 3.8) is 0 Å². The fraction of sp³-hybridized carbons (Fsp3) is 0.333. The van der Waals surface area contributed by atoms with Gasteiger partial charge >= 0.3 is 0 Å². The van der Waals surface area contributed by atoms with Crippen LogP contribution in [0.5, 0.6) is 0 Å². The summed E-state index contributed by atoms with van der Waals surface area (Å²) in [6.45, 7) is -0.440. The number of Topliss-reactive ketones (excluding diaryl/α,β-unsaturated/α-hetero) is 1. The molecule has 176 valence electrons. The van der Waals surface area contributed by atoms with Crippen molar-refractivity contribution in [3.8, 4) is 0 Å². The summed E-state index contributed by atoms with van der Waals surface area (Å²) in [6.07, 6.45) is 0.773. The number of alkyl halides is 2. The van der Waals surface area contributed by atoms with Crippen LogP contribution < -0.4 is 0 Å². The average molecular weight is 674 g/mol. The van der Waals surface area contributed by atoms with Crippen LogP contribution in [0.1, 0.15) is 27.1 Å². The molecule has 2 aromatic rings. The molecule has 0 N–H and O–H groups in total. The normalized spacial score (nSPS) is 29.5. The van der Waals surface area contributed by atoms with Crippen molar-refractivity contribution in [2.45, 2.75) is 16.1 Å². The van der Waals surface area contributed by atoms with Gasteiger partial charge < -0.3 is 0 Å². The number of ketones is 1. The van der Waals surface area contributed by atoms with E-state index in [0.717, 1.165) is 20.9 Å². The van der Waals surface area contributed by atoms with E-state index in [2.05, 4.69) is 47.8 Å². The highest BCUT2D eigenvalue weighted by atomic mass is 79.9. The van der Waals surface area contributed by atoms with Crippen molar-refractivity contribution in [3.05, 3.63) is 69.2 Å². The maximum atomic E-state index is 13.6. The van der Waals surface area contributed by atoms with E-state index < -0.39 is 36.1 Å². The molecule has 0 radical (unpaired) electrons. The molecule has 10 heteroatoms. The first-order valence-electron chi connectivity index (χ1n) is 10.7. The summed E-state index contributed by atoms with van der Waals surface area (Å²) in [5, 5.41) is 2.37. The number of fused-ring (bicyclic) bond motifs is 5. The van der Waals surface area contributed by atoms with Crippen LogP contribution in [0, 0.1) is 23.7 Å². The number of benzene rings is 2. The Hall–Kier alpha value is -1.55. The molecule has 1 saturated heterocycles. The summed E-state index contributed by atoms with van der Waals surface area (Å²) in [6, 6.07) is 12.8. The van der Waals surface area contributed by atoms with Crippen LogP contribution >= 0.6 is 59.4 Å². The van der Waals surface area contributed by atoms with Gasteiger partial charge in [0.1, 0.15) is 6.54 Å². The second-order valence-electron chi connectivity index (χ2n) is 8.79. The van der Waals surface area contributed by atoms with Gasteiger partial charge in [0, 0.05) is 30.3 Å². The Morgan fingerprint density at radius 1 is 0.882 bits per heavy atom. The van der Waals surface area contributed by atoms with Gasteiger partial charge in [-0.3, -0.25) is 19.2 Å². The van der Waals surface area contributed by atoms with Crippen molar-refractivity contribution in [2.75, 3.05) is 6.54 Å². The zero-order valence-corrected chi connectivity index (χ0v) is 23.1. The minimum atomic E-state index is -0.609. The number of hydrogen-bond donors (Lipinski definition) is 0. The summed E-state index contributed by atoms with van der Waals surface area (Å²) < 4.78 is 0.806. The number of imide groups is 1. The molecule has 1 heterocycles. The molecular formula is C24H18Br3ClN2O4. The van der Waals surface area contributed by atoms with Gasteiger partial charge in [-0.1, -0.05) is 71.5 Å². The standard InChI is InChI=1S/C24H18Br3ClN2O4/c25-13-5-1-11(2-6-13)17(31)10-29(22(32)12-3-7-14(28)8-4-12)30-23(33)18-15-9-16(19(18)24(30)34)21(27)20(15)26/h1-8,15-16,18-21H,9-10H2/t15-,16-,18-,19-,20-,21+/m1/s1. The highest BCUT2D eigenvalue weighted by Crippen LogP contribution is 2.60. The minimum Gasteiger partial charge on any atom is -0.292 e. The van der Waals surface area contributed by atoms with Crippen molar-refractivity contribution < 1.29 is 19.2 Å². The van der Waals surface area contributed by atoms with Gasteiger partial charge in [-0.15, -0.1) is 0 Å². The summed E-state index contributed by atoms with van der Waals surface area (Å²) >= 11 is 16.6. The number of amides is 3. The van der Waals surface area contributed by atoms with E-state index in [1.807, 2.05) is 0 Å². The molecule has 6 atom stereocenters. The molecule has 2 bridgehead atoms. The van der Waals surface area contributed by atoms with Gasteiger partial charge in [0.05, 0.1) is 11.8 Å². The van der Waals surface area contributed by atoms with Crippen LogP contribution in [0.4, 0.5) is 0 Å². The van der Waals surface area contributed by atoms with Gasteiger partial charge in [0.25, 0.3) is 17.7 Å². The molecule has 0 spiro atoms. The number of halogens is 4. The van der Waals surface area contributed by atoms with E-state index in [1.54, 1.807) is 36.4 Å². The van der Waals surface area contributed by atoms with E-state index in [9.17, 15) is 19.2 Å². The minimum absolute atomic E-state index is 0.00418. The van der Waals surface area contributed by atoms with Gasteiger partial charge in [0.2, 0.25) is 0 Å². The van der Waals surface area contributed by atoms with Crippen LogP contribution in [-0.4, -0.2) is 49.7 Å². The second kappa shape index (κ2) is 9.15. The molecule has 2 aliphatic carbocycles. The molecule has 3 fully saturated rings. The van der Waals surface area contributed by atoms with Crippen molar-refractivity contribution in [2.24, 2.45) is 23.7 Å². The second-order valence-corrected chi connectivity index (χ2v) is 12.3. The smallest absolute Gasteiger partial charge is 0.273 e. The highest BCUT2D eigenvalue weighted by Gasteiger charge is 2.67. The van der Waals surface area contributed by atoms with Gasteiger partial charge in [0.15, 0.2) is 5.78 Å². The third kappa shape index (κ3) is 3.88. The monoisotopic (exact) mass is 670 g/mol. The predicted octanol–water partition coefficient (Wildman–Crippen LogP) is 5.12. The van der Waals surface area contributed by atoms with E-state index in [-0.39, 0.29) is 32.8 Å². The van der Waals surface area contributed by atoms with E-state index in [4.69, 9.17) is 11.6 Å². The maximum absolute atomic E-state index is 13.6. The van der Waals surface area contributed by atoms with Crippen LogP contribution in [0.3, 0.4) is 0 Å². The highest BCUT2D eigenvalue weighted by molar-refractivity contribution is 9.12. The first-order chi connectivity index (χ1) is 16.2. The largest absolute Gasteiger partial charge is 0.292 e. The van der Waals surface area contributed by atoms with Gasteiger partial charge in [-0.05, 0) is 54.7 Å². The molecule has 3 aliphatic rings. The van der Waals surface area contributed by atoms with E-state index in [1.165, 1.54) is 12.1 Å². The molecule has 0 aromatic heterocycles. The molecule has 34 heavy (non-hydrogen) atoms. The number of carbonyl (C=O) groups is 4. The third-order valence-electron chi connectivity index (χ3n) is 6.99. The van der Waals surface area contributed by atoms with E-state index >= 15 is 0 Å². The fourth-order valence-corrected chi connectivity index (χ4v) is 7.67. The average Bonchev–Trinajstić information content (AvgIpc) is 3.43. The zero-order chi connectivity index (χ0) is 24.3. The lowest BCUT2D eigenvalue weighted by Crippen LogP contribution is -2.52. The van der Waals surface area contributed by atoms with E-state index in [0.29, 0.717) is 10.6 Å². The zero-order valence-electron chi connectivity index (χ0n) is 17.5. The Morgan fingerprint density at radius 3 is 1.91 bits per heavy atom. The topological polar surface area (TPSA) is 74.8 Å². The van der Waals surface area contributed by atoms with Gasteiger partial charge in [-0.25, -0.2) is 5.01 Å². The summed E-state index contributed by atoms with van der Waals surface area (Å²) in [7, 11) is 0. The number of hydrazine groups is 1. The summed E-state index contributed by atoms with van der Waals surface area (Å²) in [5.41, 5.74) is 0.600. The maximum Gasteiger partial charge on any atom is 0.273 e. The van der Waals surface area contributed by atoms with Crippen molar-refractivity contribution in [1.29, 1.82) is 0 Å². The Kier molecular flexibility index (Phi) is 6.50. The first-order valence-corrected chi connectivity index (χ1v) is 13.7.